The van der Waals surface area contributed by atoms with Crippen LogP contribution in [0.5, 0.6) is 0 Å². The van der Waals surface area contributed by atoms with E-state index in [2.05, 4.69) is 5.32 Å². The highest BCUT2D eigenvalue weighted by Gasteiger charge is 2.25. The third-order valence-corrected chi connectivity index (χ3v) is 4.82. The molecule has 0 bridgehead atoms. The topological polar surface area (TPSA) is 98.5 Å². The van der Waals surface area contributed by atoms with E-state index in [1.807, 2.05) is 0 Å². The molecule has 0 spiro atoms. The second-order valence-electron chi connectivity index (χ2n) is 5.22. The molecule has 0 saturated carbocycles. The fourth-order valence-electron chi connectivity index (χ4n) is 2.22. The molecule has 2 aromatic rings. The summed E-state index contributed by atoms with van der Waals surface area (Å²) in [6.07, 6.45) is 2.89. The molecule has 2 amide bonds. The first-order chi connectivity index (χ1) is 12.3. The molecule has 1 heterocycles. The monoisotopic (exact) mass is 392 g/mol. The highest BCUT2D eigenvalue weighted by atomic mass is 35.5. The molecular formula is C18H17ClN2O4S. The van der Waals surface area contributed by atoms with Crippen molar-refractivity contribution in [2.24, 2.45) is 5.73 Å². The van der Waals surface area contributed by atoms with E-state index in [0.717, 1.165) is 16.9 Å². The van der Waals surface area contributed by atoms with Crippen molar-refractivity contribution in [2.75, 3.05) is 11.9 Å². The molecule has 136 valence electrons. The third kappa shape index (κ3) is 4.71. The van der Waals surface area contributed by atoms with Crippen LogP contribution in [-0.2, 0) is 9.53 Å². The van der Waals surface area contributed by atoms with Crippen molar-refractivity contribution >= 4 is 51.8 Å². The van der Waals surface area contributed by atoms with E-state index in [4.69, 9.17) is 22.1 Å². The Morgan fingerprint density at radius 2 is 2.08 bits per heavy atom. The number of nitrogens with two attached hydrogens (primary N) is 1. The zero-order chi connectivity index (χ0) is 19.3. The third-order valence-electron chi connectivity index (χ3n) is 3.36. The molecule has 1 aromatic carbocycles. The van der Waals surface area contributed by atoms with Gasteiger partial charge < -0.3 is 15.8 Å². The summed E-state index contributed by atoms with van der Waals surface area (Å²) in [5.74, 6) is -1.76. The number of halogens is 1. The van der Waals surface area contributed by atoms with Crippen molar-refractivity contribution < 1.29 is 19.1 Å². The number of benzene rings is 1. The van der Waals surface area contributed by atoms with E-state index in [0.29, 0.717) is 10.6 Å². The molecule has 0 radical (unpaired) electrons. The average molecular weight is 393 g/mol. The number of hydrogen-bond donors (Lipinski definition) is 2. The van der Waals surface area contributed by atoms with E-state index in [1.54, 1.807) is 44.2 Å². The van der Waals surface area contributed by atoms with Crippen molar-refractivity contribution in [3.63, 3.8) is 0 Å². The van der Waals surface area contributed by atoms with Crippen LogP contribution in [0.4, 0.5) is 5.00 Å². The summed E-state index contributed by atoms with van der Waals surface area (Å²) in [7, 11) is 0. The number of carbonyl (C=O) groups is 3. The molecule has 0 fully saturated rings. The maximum Gasteiger partial charge on any atom is 0.341 e. The Kier molecular flexibility index (Phi) is 6.54. The lowest BCUT2D eigenvalue weighted by Crippen LogP contribution is -2.13. The molecule has 0 aliphatic rings. The highest BCUT2D eigenvalue weighted by Crippen LogP contribution is 2.33. The maximum atomic E-state index is 12.2. The molecule has 0 unspecified atom stereocenters. The fourth-order valence-corrected chi connectivity index (χ4v) is 3.47. The van der Waals surface area contributed by atoms with Crippen LogP contribution in [0.15, 0.2) is 30.3 Å². The Balaban J connectivity index is 2.27. The van der Waals surface area contributed by atoms with E-state index >= 15 is 0 Å². The smallest absolute Gasteiger partial charge is 0.341 e. The first-order valence-electron chi connectivity index (χ1n) is 7.68. The molecule has 0 aliphatic carbocycles. The number of anilines is 1. The van der Waals surface area contributed by atoms with E-state index < -0.39 is 17.8 Å². The standard InChI is InChI=1S/C18H17ClN2O4S/c1-3-25-18(24)14-10(2)15(16(20)23)26-17(14)21-13(22)8-7-11-5-4-6-12(19)9-11/h4-9H,3H2,1-2H3,(H2,20,23)(H,21,22). The lowest BCUT2D eigenvalue weighted by atomic mass is 10.1. The van der Waals surface area contributed by atoms with Gasteiger partial charge >= 0.3 is 5.97 Å². The highest BCUT2D eigenvalue weighted by molar-refractivity contribution is 7.18. The molecule has 1 aromatic heterocycles. The van der Waals surface area contributed by atoms with Crippen molar-refractivity contribution in [2.45, 2.75) is 13.8 Å². The zero-order valence-electron chi connectivity index (χ0n) is 14.2. The predicted octanol–water partition coefficient (Wildman–Crippen LogP) is 3.64. The van der Waals surface area contributed by atoms with Gasteiger partial charge in [-0.15, -0.1) is 11.3 Å². The van der Waals surface area contributed by atoms with Gasteiger partial charge in [0.15, 0.2) is 0 Å². The molecular weight excluding hydrogens is 376 g/mol. The van der Waals surface area contributed by atoms with Gasteiger partial charge in [-0.05, 0) is 43.2 Å². The summed E-state index contributed by atoms with van der Waals surface area (Å²) >= 11 is 6.84. The Bertz CT molecular complexity index is 889. The van der Waals surface area contributed by atoms with E-state index in [9.17, 15) is 14.4 Å². The molecule has 0 saturated heterocycles. The van der Waals surface area contributed by atoms with Crippen molar-refractivity contribution in [3.8, 4) is 0 Å². The largest absolute Gasteiger partial charge is 0.462 e. The van der Waals surface area contributed by atoms with Crippen LogP contribution in [0, 0.1) is 6.92 Å². The molecule has 3 N–H and O–H groups in total. The van der Waals surface area contributed by atoms with Crippen molar-refractivity contribution in [1.82, 2.24) is 0 Å². The second kappa shape index (κ2) is 8.64. The van der Waals surface area contributed by atoms with E-state index in [1.165, 1.54) is 6.08 Å². The van der Waals surface area contributed by atoms with Crippen LogP contribution in [-0.4, -0.2) is 24.4 Å². The summed E-state index contributed by atoms with van der Waals surface area (Å²) < 4.78 is 5.00. The van der Waals surface area contributed by atoms with Crippen LogP contribution in [0.2, 0.25) is 5.02 Å². The number of amides is 2. The molecule has 0 atom stereocenters. The van der Waals surface area contributed by atoms with Gasteiger partial charge in [-0.25, -0.2) is 4.79 Å². The van der Waals surface area contributed by atoms with Gasteiger partial charge in [0, 0.05) is 11.1 Å². The lowest BCUT2D eigenvalue weighted by molar-refractivity contribution is -0.111. The van der Waals surface area contributed by atoms with Crippen molar-refractivity contribution in [1.29, 1.82) is 0 Å². The van der Waals surface area contributed by atoms with Gasteiger partial charge in [0.1, 0.15) is 5.00 Å². The SMILES string of the molecule is CCOC(=O)c1c(NC(=O)C=Cc2cccc(Cl)c2)sc(C(N)=O)c1C. The van der Waals surface area contributed by atoms with Crippen LogP contribution in [0.3, 0.4) is 0 Å². The lowest BCUT2D eigenvalue weighted by Gasteiger charge is -2.05. The number of esters is 1. The summed E-state index contributed by atoms with van der Waals surface area (Å²) in [5.41, 5.74) is 6.60. The zero-order valence-corrected chi connectivity index (χ0v) is 15.7. The number of carbonyl (C=O) groups excluding carboxylic acids is 3. The van der Waals surface area contributed by atoms with Crippen LogP contribution in [0.1, 0.15) is 38.1 Å². The minimum atomic E-state index is -0.673. The maximum absolute atomic E-state index is 12.2. The molecule has 0 aliphatic heterocycles. The van der Waals surface area contributed by atoms with Gasteiger partial charge in [-0.3, -0.25) is 9.59 Å². The summed E-state index contributed by atoms with van der Waals surface area (Å²) in [6.45, 7) is 3.42. The Labute approximate surface area is 159 Å². The molecule has 8 heteroatoms. The van der Waals surface area contributed by atoms with Crippen LogP contribution in [0.25, 0.3) is 6.08 Å². The second-order valence-corrected chi connectivity index (χ2v) is 6.68. The number of nitrogens with one attached hydrogen (secondary N) is 1. The summed E-state index contributed by atoms with van der Waals surface area (Å²) in [6, 6.07) is 6.99. The quantitative estimate of drug-likeness (QED) is 0.579. The summed E-state index contributed by atoms with van der Waals surface area (Å²) in [5, 5.41) is 3.37. The van der Waals surface area contributed by atoms with Crippen molar-refractivity contribution in [3.05, 3.63) is 56.9 Å². The Morgan fingerprint density at radius 1 is 1.35 bits per heavy atom. The van der Waals surface area contributed by atoms with Gasteiger partial charge in [0.25, 0.3) is 5.91 Å². The Hall–Kier alpha value is -2.64. The normalized spacial score (nSPS) is 10.7. The summed E-state index contributed by atoms with van der Waals surface area (Å²) in [4.78, 5) is 36.1. The molecule has 26 heavy (non-hydrogen) atoms. The van der Waals surface area contributed by atoms with Gasteiger partial charge in [0.2, 0.25) is 5.91 Å². The van der Waals surface area contributed by atoms with Crippen LogP contribution < -0.4 is 11.1 Å². The Morgan fingerprint density at radius 3 is 2.69 bits per heavy atom. The van der Waals surface area contributed by atoms with Gasteiger partial charge in [-0.1, -0.05) is 23.7 Å². The minimum Gasteiger partial charge on any atom is -0.462 e. The number of rotatable bonds is 6. The van der Waals surface area contributed by atoms with Gasteiger partial charge in [-0.2, -0.15) is 0 Å². The first-order valence-corrected chi connectivity index (χ1v) is 8.87. The van der Waals surface area contributed by atoms with Gasteiger partial charge in [0.05, 0.1) is 17.0 Å². The predicted molar refractivity (Wildman–Crippen MR) is 103 cm³/mol. The number of thiophene rings is 1. The van der Waals surface area contributed by atoms with E-state index in [-0.39, 0.29) is 22.0 Å². The number of ether oxygens (including phenoxy) is 1. The van der Waals surface area contributed by atoms with Crippen LogP contribution >= 0.6 is 22.9 Å². The fraction of sp³-hybridized carbons (Fsp3) is 0.167. The number of hydrogen-bond acceptors (Lipinski definition) is 5. The average Bonchev–Trinajstić information content (AvgIpc) is 2.89. The minimum absolute atomic E-state index is 0.134. The molecule has 2 rings (SSSR count). The molecule has 6 nitrogen and oxygen atoms in total. The number of primary amides is 1. The first kappa shape index (κ1) is 19.7.